The summed E-state index contributed by atoms with van der Waals surface area (Å²) in [7, 11) is 0. The van der Waals surface area contributed by atoms with Crippen molar-refractivity contribution in [1.82, 2.24) is 0 Å². The quantitative estimate of drug-likeness (QED) is 0.0404. The molecule has 43 heteroatoms. The van der Waals surface area contributed by atoms with E-state index in [9.17, 15) is 133 Å². The van der Waals surface area contributed by atoms with Crippen molar-refractivity contribution in [2.24, 2.45) is 0 Å². The molecule has 94 heavy (non-hydrogen) atoms. The summed E-state index contributed by atoms with van der Waals surface area (Å²) in [5.41, 5.74) is 0. The van der Waals surface area contributed by atoms with Gasteiger partial charge < -0.3 is 213 Å². The van der Waals surface area contributed by atoms with Crippen LogP contribution in [0.15, 0.2) is 0 Å². The Morgan fingerprint density at radius 3 is 0.691 bits per heavy atom. The summed E-state index contributed by atoms with van der Waals surface area (Å²) < 4.78 is 95.3. The molecule has 0 aliphatic carbocycles. The van der Waals surface area contributed by atoms with Crippen LogP contribution >= 0.6 is 0 Å². The first-order chi connectivity index (χ1) is 44.5. The van der Waals surface area contributed by atoms with Gasteiger partial charge in [0.15, 0.2) is 56.6 Å². The molecule has 0 radical (unpaired) electrons. The van der Waals surface area contributed by atoms with E-state index in [0.717, 1.165) is 0 Å². The van der Waals surface area contributed by atoms with Crippen molar-refractivity contribution < 1.29 is 213 Å². The third kappa shape index (κ3) is 16.3. The molecule has 0 bridgehead atoms. The predicted molar refractivity (Wildman–Crippen MR) is 279 cm³/mol. The van der Waals surface area contributed by atoms with Crippen LogP contribution < -0.4 is 0 Å². The van der Waals surface area contributed by atoms with Gasteiger partial charge in [0, 0.05) is 0 Å². The van der Waals surface area contributed by atoms with Crippen molar-refractivity contribution in [3.63, 3.8) is 0 Å². The van der Waals surface area contributed by atoms with E-state index < -0.39 is 318 Å². The molecular weight excluding hydrogens is 1300 g/mol. The summed E-state index contributed by atoms with van der Waals surface area (Å²) in [6.07, 6.45) is -78.6. The Kier molecular flexibility index (Phi) is 26.8. The van der Waals surface area contributed by atoms with Gasteiger partial charge in [-0.1, -0.05) is 0 Å². The molecule has 0 aromatic heterocycles. The molecule has 548 valence electrons. The van der Waals surface area contributed by atoms with E-state index >= 15 is 0 Å². The van der Waals surface area contributed by atoms with Crippen molar-refractivity contribution in [2.45, 2.75) is 258 Å². The summed E-state index contributed by atoms with van der Waals surface area (Å²) in [5, 5.41) is 276. The third-order valence-electron chi connectivity index (χ3n) is 17.6. The summed E-state index contributed by atoms with van der Waals surface area (Å²) >= 11 is 0. The number of hydrogen-bond donors (Lipinski definition) is 26. The highest BCUT2D eigenvalue weighted by atomic mass is 16.8. The first-order valence-corrected chi connectivity index (χ1v) is 29.9. The highest BCUT2D eigenvalue weighted by Gasteiger charge is 2.57. The first-order valence-electron chi connectivity index (χ1n) is 29.9. The molecule has 9 aliphatic rings. The molecular formula is C51H86O43. The zero-order chi connectivity index (χ0) is 68.6. The van der Waals surface area contributed by atoms with Crippen LogP contribution in [0, 0.1) is 0 Å². The zero-order valence-corrected chi connectivity index (χ0v) is 49.2. The molecule has 9 heterocycles. The van der Waals surface area contributed by atoms with E-state index in [1.807, 2.05) is 0 Å². The molecule has 43 nitrogen and oxygen atoms in total. The summed E-state index contributed by atoms with van der Waals surface area (Å²) in [6.45, 7) is -7.52. The minimum Gasteiger partial charge on any atom is -0.394 e. The van der Waals surface area contributed by atoms with Crippen LogP contribution in [-0.2, 0) is 80.5 Å². The number of aliphatic hydroxyl groups is 26. The van der Waals surface area contributed by atoms with Crippen LogP contribution in [0.25, 0.3) is 0 Å². The molecule has 0 aromatic rings. The molecule has 0 aromatic carbocycles. The van der Waals surface area contributed by atoms with Gasteiger partial charge in [-0.25, -0.2) is 0 Å². The smallest absolute Gasteiger partial charge is 0.187 e. The Morgan fingerprint density at radius 2 is 0.372 bits per heavy atom. The number of aliphatic hydroxyl groups excluding tert-OH is 26. The van der Waals surface area contributed by atoms with Gasteiger partial charge in [-0.3, -0.25) is 0 Å². The van der Waals surface area contributed by atoms with Crippen LogP contribution in [-0.4, -0.2) is 450 Å². The highest BCUT2D eigenvalue weighted by molar-refractivity contribution is 4.99. The van der Waals surface area contributed by atoms with Gasteiger partial charge in [-0.05, 0) is 0 Å². The largest absolute Gasteiger partial charge is 0.394 e. The summed E-state index contributed by atoms with van der Waals surface area (Å²) in [5.74, 6) is 0. The van der Waals surface area contributed by atoms with Crippen LogP contribution in [0.5, 0.6) is 0 Å². The number of rotatable bonds is 25. The van der Waals surface area contributed by atoms with Gasteiger partial charge in [-0.2, -0.15) is 0 Å². The maximum absolute atomic E-state index is 11.6. The molecule has 42 atom stereocenters. The number of hydrogen-bond acceptors (Lipinski definition) is 43. The van der Waals surface area contributed by atoms with Crippen molar-refractivity contribution in [1.29, 1.82) is 0 Å². The Labute approximate surface area is 530 Å². The fourth-order valence-electron chi connectivity index (χ4n) is 11.7. The Morgan fingerprint density at radius 1 is 0.181 bits per heavy atom. The van der Waals surface area contributed by atoms with Crippen LogP contribution in [0.4, 0.5) is 0 Å². The molecule has 0 unspecified atom stereocenters. The third-order valence-corrected chi connectivity index (χ3v) is 17.6. The fourth-order valence-corrected chi connectivity index (χ4v) is 11.7. The van der Waals surface area contributed by atoms with E-state index in [1.165, 1.54) is 0 Å². The molecule has 0 amide bonds. The Bertz CT molecular complexity index is 2290. The van der Waals surface area contributed by atoms with Gasteiger partial charge in [0.05, 0.1) is 59.5 Å². The lowest BCUT2D eigenvalue weighted by molar-refractivity contribution is -0.364. The predicted octanol–water partition coefficient (Wildman–Crippen LogP) is -18.7. The molecule has 0 saturated carbocycles. The second kappa shape index (κ2) is 32.9. The lowest BCUT2D eigenvalue weighted by Crippen LogP contribution is -2.64. The Balaban J connectivity index is 0.845. The topological polar surface area (TPSA) is 683 Å². The van der Waals surface area contributed by atoms with E-state index in [0.29, 0.717) is 0 Å². The molecule has 9 saturated heterocycles. The van der Waals surface area contributed by atoms with Crippen molar-refractivity contribution in [2.75, 3.05) is 59.5 Å². The standard InChI is InChI=1S/C51H86O43/c52-1-10-19(55)29(65)38(74)45(85-10)79-6-16-25(61)33(69)42(94-49-37(73)27(63)18(90-49)8-78-44-35(71)20(56)11(2-53)86-44)51(92-16)83-9-15-24(60)31(67)40(76)46(89-15)80-5-14-23(59)30(66)39(75)47(88-14)81-7-17-26(62)32(68)41(93-48-36(72)21(57)12(3-54)87-48)50(91-17)82-4-13-22(58)28(64)34(70)43(77)84-13/h10-77H,1-9H2/t10-,11+,12+,13-,14-,15-,16-,17-,18+,19+,20+,21+,22+,23+,24+,25+,26+,27+,28+,29+,30+,31+,32+,33+,34-,35-,36-,37-,38-,39-,40-,41-,42-,43+,44-,45-,46-,47-,48+,49+,50-,51-/m1/s1. The van der Waals surface area contributed by atoms with E-state index in [2.05, 4.69) is 0 Å². The molecule has 0 spiro atoms. The van der Waals surface area contributed by atoms with Crippen LogP contribution in [0.3, 0.4) is 0 Å². The van der Waals surface area contributed by atoms with Gasteiger partial charge >= 0.3 is 0 Å². The average molecular weight is 1390 g/mol. The van der Waals surface area contributed by atoms with Crippen molar-refractivity contribution >= 4 is 0 Å². The minimum atomic E-state index is -2.17. The monoisotopic (exact) mass is 1390 g/mol. The molecule has 9 fully saturated rings. The maximum atomic E-state index is 11.6. The van der Waals surface area contributed by atoms with Gasteiger partial charge in [0.1, 0.15) is 201 Å². The maximum Gasteiger partial charge on any atom is 0.187 e. The van der Waals surface area contributed by atoms with Crippen molar-refractivity contribution in [3.05, 3.63) is 0 Å². The number of ether oxygens (including phenoxy) is 17. The minimum absolute atomic E-state index is 0.664. The Hall–Kier alpha value is -1.72. The first kappa shape index (κ1) is 76.5. The normalized spacial score (nSPS) is 53.6. The van der Waals surface area contributed by atoms with Crippen LogP contribution in [0.2, 0.25) is 0 Å². The highest BCUT2D eigenvalue weighted by Crippen LogP contribution is 2.36. The summed E-state index contributed by atoms with van der Waals surface area (Å²) in [6, 6.07) is 0. The molecule has 26 N–H and O–H groups in total. The van der Waals surface area contributed by atoms with E-state index in [1.54, 1.807) is 0 Å². The fraction of sp³-hybridized carbons (Fsp3) is 1.00. The van der Waals surface area contributed by atoms with Gasteiger partial charge in [-0.15, -0.1) is 0 Å². The molecule has 9 aliphatic heterocycles. The summed E-state index contributed by atoms with van der Waals surface area (Å²) in [4.78, 5) is 0. The van der Waals surface area contributed by atoms with E-state index in [-0.39, 0.29) is 0 Å². The SMILES string of the molecule is OC[C@@H]1O[C@@H](OC[C@@H]2O[C@@H](O[C@H]3[C@H](OC[C@H]4O[C@@H](OC[C@H]5O[C@@H](OC[C@H]6O[C@@H](OC[C@H]7O[C@H](O)[C@H](O)[C@@H](O)[C@H]7O)[C@H](O[C@@H]7O[C@@H](CO)[C@H](O)[C@H]7O)[C@@H](O)[C@H]6O)[C@H](O)[C@@H](O)[C@H]5O)[C@H](O)[C@@H](O)[C@H]4O)O[C@H](CO[C@@H]4O[C@H](CO)[C@H](O)[C@H](O)[C@H]4O)[C@H](O)[C@@H]3O)[C@H](O)[C@H]2O)[C@H](O)[C@H]1O. The second-order valence-electron chi connectivity index (χ2n) is 24.0. The zero-order valence-electron chi connectivity index (χ0n) is 49.2. The second-order valence-corrected chi connectivity index (χ2v) is 24.0. The lowest BCUT2D eigenvalue weighted by atomic mass is 9.97. The average Bonchev–Trinajstić information content (AvgIpc) is 1.15. The van der Waals surface area contributed by atoms with Gasteiger partial charge in [0.25, 0.3) is 0 Å². The van der Waals surface area contributed by atoms with Crippen molar-refractivity contribution in [3.8, 4) is 0 Å². The van der Waals surface area contributed by atoms with Gasteiger partial charge in [0.2, 0.25) is 0 Å². The van der Waals surface area contributed by atoms with E-state index in [4.69, 9.17) is 80.5 Å². The molecule has 9 rings (SSSR count). The lowest BCUT2D eigenvalue weighted by Gasteiger charge is -2.46. The van der Waals surface area contributed by atoms with Crippen LogP contribution in [0.1, 0.15) is 0 Å².